The summed E-state index contributed by atoms with van der Waals surface area (Å²) in [6.45, 7) is 4.76. The van der Waals surface area contributed by atoms with Gasteiger partial charge in [-0.25, -0.2) is 0 Å². The largest absolute Gasteiger partial charge is 0.378 e. The Kier molecular flexibility index (Phi) is 6.37. The predicted molar refractivity (Wildman–Crippen MR) is 73.3 cm³/mol. The molecule has 0 amide bonds. The Balaban J connectivity index is 0.00000128. The molecule has 0 bridgehead atoms. The Bertz CT molecular complexity index is 226. The smallest absolute Gasteiger partial charge is 0.191 e. The van der Waals surface area contributed by atoms with Crippen LogP contribution in [0.2, 0.25) is 0 Å². The van der Waals surface area contributed by atoms with Crippen molar-refractivity contribution in [3.8, 4) is 0 Å². The first-order chi connectivity index (χ1) is 7.36. The number of ether oxygens (including phenoxy) is 2. The SMILES string of the molecule is I.NC(=NCC1CCCO1)N1CCOCC1. The number of rotatable bonds is 2. The van der Waals surface area contributed by atoms with E-state index in [1.807, 2.05) is 0 Å². The standard InChI is InChI=1S/C10H19N3O2.HI/c11-10(13-3-6-14-7-4-13)12-8-9-2-1-5-15-9;/h9H,1-8H2,(H2,11,12);1H. The number of hydrogen-bond acceptors (Lipinski definition) is 3. The van der Waals surface area contributed by atoms with Gasteiger partial charge in [-0.15, -0.1) is 24.0 Å². The van der Waals surface area contributed by atoms with E-state index in [4.69, 9.17) is 15.2 Å². The normalized spacial score (nSPS) is 26.6. The van der Waals surface area contributed by atoms with E-state index in [0.717, 1.165) is 45.8 Å². The Labute approximate surface area is 113 Å². The van der Waals surface area contributed by atoms with Crippen molar-refractivity contribution in [2.75, 3.05) is 39.5 Å². The molecule has 0 aromatic rings. The highest BCUT2D eigenvalue weighted by Gasteiger charge is 2.16. The molecule has 0 radical (unpaired) electrons. The maximum atomic E-state index is 5.89. The first-order valence-electron chi connectivity index (χ1n) is 5.60. The van der Waals surface area contributed by atoms with Gasteiger partial charge in [0.1, 0.15) is 0 Å². The van der Waals surface area contributed by atoms with Gasteiger partial charge in [0.25, 0.3) is 0 Å². The van der Waals surface area contributed by atoms with Gasteiger partial charge < -0.3 is 20.1 Å². The molecule has 2 rings (SSSR count). The average molecular weight is 341 g/mol. The number of halogens is 1. The van der Waals surface area contributed by atoms with E-state index in [0.29, 0.717) is 12.5 Å². The van der Waals surface area contributed by atoms with Gasteiger partial charge >= 0.3 is 0 Å². The number of morpholine rings is 1. The van der Waals surface area contributed by atoms with Crippen LogP contribution in [0.1, 0.15) is 12.8 Å². The summed E-state index contributed by atoms with van der Waals surface area (Å²) in [6, 6.07) is 0. The minimum atomic E-state index is 0. The van der Waals surface area contributed by atoms with Crippen LogP contribution in [0.5, 0.6) is 0 Å². The number of nitrogens with zero attached hydrogens (tertiary/aromatic N) is 2. The zero-order valence-corrected chi connectivity index (χ0v) is 11.8. The summed E-state index contributed by atoms with van der Waals surface area (Å²) in [4.78, 5) is 6.44. The van der Waals surface area contributed by atoms with Crippen LogP contribution >= 0.6 is 24.0 Å². The average Bonchev–Trinajstić information content (AvgIpc) is 2.80. The number of aliphatic imine (C=N–C) groups is 1. The summed E-state index contributed by atoms with van der Waals surface area (Å²) >= 11 is 0. The van der Waals surface area contributed by atoms with Crippen LogP contribution in [-0.4, -0.2) is 56.4 Å². The van der Waals surface area contributed by atoms with Crippen LogP contribution in [-0.2, 0) is 9.47 Å². The summed E-state index contributed by atoms with van der Waals surface area (Å²) in [6.07, 6.45) is 2.54. The maximum absolute atomic E-state index is 5.89. The molecule has 0 spiro atoms. The molecule has 0 saturated carbocycles. The third-order valence-electron chi connectivity index (χ3n) is 2.82. The monoisotopic (exact) mass is 341 g/mol. The highest BCUT2D eigenvalue weighted by Crippen LogP contribution is 2.11. The van der Waals surface area contributed by atoms with E-state index in [1.54, 1.807) is 0 Å². The van der Waals surface area contributed by atoms with Crippen LogP contribution in [0.15, 0.2) is 4.99 Å². The van der Waals surface area contributed by atoms with E-state index in [1.165, 1.54) is 0 Å². The Morgan fingerprint density at radius 3 is 2.69 bits per heavy atom. The van der Waals surface area contributed by atoms with Crippen LogP contribution < -0.4 is 5.73 Å². The van der Waals surface area contributed by atoms with Crippen LogP contribution in [0.3, 0.4) is 0 Å². The summed E-state index contributed by atoms with van der Waals surface area (Å²) in [7, 11) is 0. The fourth-order valence-corrected chi connectivity index (χ4v) is 1.88. The highest BCUT2D eigenvalue weighted by molar-refractivity contribution is 14.0. The minimum absolute atomic E-state index is 0. The molecular weight excluding hydrogens is 321 g/mol. The molecule has 2 N–H and O–H groups in total. The van der Waals surface area contributed by atoms with E-state index in [9.17, 15) is 0 Å². The Morgan fingerprint density at radius 2 is 2.06 bits per heavy atom. The van der Waals surface area contributed by atoms with E-state index >= 15 is 0 Å². The van der Waals surface area contributed by atoms with Gasteiger partial charge in [-0.05, 0) is 12.8 Å². The predicted octanol–water partition coefficient (Wildman–Crippen LogP) is 0.430. The second kappa shape index (κ2) is 7.29. The third-order valence-corrected chi connectivity index (χ3v) is 2.82. The van der Waals surface area contributed by atoms with Crippen molar-refractivity contribution < 1.29 is 9.47 Å². The quantitative estimate of drug-likeness (QED) is 0.450. The topological polar surface area (TPSA) is 60.1 Å². The van der Waals surface area contributed by atoms with Crippen molar-refractivity contribution in [2.45, 2.75) is 18.9 Å². The summed E-state index contributed by atoms with van der Waals surface area (Å²) in [5, 5.41) is 0. The lowest BCUT2D eigenvalue weighted by Crippen LogP contribution is -2.45. The van der Waals surface area contributed by atoms with Crippen molar-refractivity contribution in [3.63, 3.8) is 0 Å². The third kappa shape index (κ3) is 4.06. The molecule has 2 aliphatic rings. The lowest BCUT2D eigenvalue weighted by Gasteiger charge is -2.27. The van der Waals surface area contributed by atoms with Crippen molar-refractivity contribution in [2.24, 2.45) is 10.7 Å². The Hall–Kier alpha value is -0.0800. The molecule has 2 saturated heterocycles. The van der Waals surface area contributed by atoms with E-state index < -0.39 is 0 Å². The molecule has 1 unspecified atom stereocenters. The second-order valence-electron chi connectivity index (χ2n) is 3.93. The fraction of sp³-hybridized carbons (Fsp3) is 0.900. The van der Waals surface area contributed by atoms with Crippen LogP contribution in [0.25, 0.3) is 0 Å². The van der Waals surface area contributed by atoms with Gasteiger partial charge in [-0.2, -0.15) is 0 Å². The molecule has 0 aromatic carbocycles. The summed E-state index contributed by atoms with van der Waals surface area (Å²) in [5.74, 6) is 0.633. The Morgan fingerprint density at radius 1 is 1.31 bits per heavy atom. The molecule has 94 valence electrons. The maximum Gasteiger partial charge on any atom is 0.191 e. The van der Waals surface area contributed by atoms with E-state index in [-0.39, 0.29) is 30.1 Å². The lowest BCUT2D eigenvalue weighted by molar-refractivity contribution is 0.0670. The van der Waals surface area contributed by atoms with E-state index in [2.05, 4.69) is 9.89 Å². The molecule has 2 fully saturated rings. The number of nitrogens with two attached hydrogens (primary N) is 1. The van der Waals surface area contributed by atoms with Crippen molar-refractivity contribution in [1.29, 1.82) is 0 Å². The van der Waals surface area contributed by atoms with Crippen molar-refractivity contribution >= 4 is 29.9 Å². The molecule has 16 heavy (non-hydrogen) atoms. The van der Waals surface area contributed by atoms with Crippen LogP contribution in [0.4, 0.5) is 0 Å². The van der Waals surface area contributed by atoms with Gasteiger partial charge in [0.05, 0.1) is 25.9 Å². The van der Waals surface area contributed by atoms with Crippen molar-refractivity contribution in [3.05, 3.63) is 0 Å². The fourth-order valence-electron chi connectivity index (χ4n) is 1.88. The van der Waals surface area contributed by atoms with Gasteiger partial charge in [0.2, 0.25) is 0 Å². The lowest BCUT2D eigenvalue weighted by atomic mass is 10.2. The molecule has 0 aromatic heterocycles. The summed E-state index contributed by atoms with van der Waals surface area (Å²) < 4.78 is 10.7. The van der Waals surface area contributed by atoms with Gasteiger partial charge in [-0.1, -0.05) is 0 Å². The molecule has 2 aliphatic heterocycles. The summed E-state index contributed by atoms with van der Waals surface area (Å²) in [5.41, 5.74) is 5.89. The zero-order chi connectivity index (χ0) is 10.5. The zero-order valence-electron chi connectivity index (χ0n) is 9.43. The number of hydrogen-bond donors (Lipinski definition) is 1. The molecule has 2 heterocycles. The first kappa shape index (κ1) is 14.0. The molecule has 5 nitrogen and oxygen atoms in total. The molecule has 6 heteroatoms. The molecule has 0 aliphatic carbocycles. The molecule has 1 atom stereocenters. The van der Waals surface area contributed by atoms with Crippen molar-refractivity contribution in [1.82, 2.24) is 4.90 Å². The van der Waals surface area contributed by atoms with Gasteiger partial charge in [-0.3, -0.25) is 4.99 Å². The van der Waals surface area contributed by atoms with Gasteiger partial charge in [0.15, 0.2) is 5.96 Å². The van der Waals surface area contributed by atoms with Crippen LogP contribution in [0, 0.1) is 0 Å². The highest BCUT2D eigenvalue weighted by atomic mass is 127. The van der Waals surface area contributed by atoms with Gasteiger partial charge in [0, 0.05) is 19.7 Å². The molecular formula is C10H20IN3O2. The first-order valence-corrected chi connectivity index (χ1v) is 5.60. The number of guanidine groups is 1. The minimum Gasteiger partial charge on any atom is -0.378 e. The second-order valence-corrected chi connectivity index (χ2v) is 3.93.